The molecule has 0 aromatic heterocycles. The zero-order valence-corrected chi connectivity index (χ0v) is 14.9. The molecule has 0 aliphatic heterocycles. The number of rotatable bonds is 5. The van der Waals surface area contributed by atoms with Crippen molar-refractivity contribution < 1.29 is 0 Å². The third kappa shape index (κ3) is 3.76. The lowest BCUT2D eigenvalue weighted by atomic mass is 9.47. The van der Waals surface area contributed by atoms with E-state index in [0.717, 1.165) is 0 Å². The van der Waals surface area contributed by atoms with Crippen molar-refractivity contribution in [2.45, 2.75) is 100 Å². The molecular formula is C19H38. The monoisotopic (exact) mass is 266 g/mol. The SMILES string of the molecule is CCCC(C)(C)CC1(CC)CC(C)(C)CCC1(C)C. The average molecular weight is 267 g/mol. The van der Waals surface area contributed by atoms with Crippen molar-refractivity contribution in [3.8, 4) is 0 Å². The molecule has 0 saturated heterocycles. The van der Waals surface area contributed by atoms with Crippen LogP contribution in [-0.4, -0.2) is 0 Å². The Hall–Kier alpha value is 0. The fourth-order valence-electron chi connectivity index (χ4n) is 4.87. The Morgan fingerprint density at radius 2 is 1.53 bits per heavy atom. The van der Waals surface area contributed by atoms with E-state index >= 15 is 0 Å². The maximum Gasteiger partial charge on any atom is -0.0239 e. The summed E-state index contributed by atoms with van der Waals surface area (Å²) >= 11 is 0. The summed E-state index contributed by atoms with van der Waals surface area (Å²) in [5, 5.41) is 0. The first-order chi connectivity index (χ1) is 8.49. The topological polar surface area (TPSA) is 0 Å². The normalized spacial score (nSPS) is 30.3. The molecule has 19 heavy (non-hydrogen) atoms. The maximum absolute atomic E-state index is 2.54. The minimum absolute atomic E-state index is 0.495. The Labute approximate surface area is 122 Å². The van der Waals surface area contributed by atoms with Crippen molar-refractivity contribution in [2.75, 3.05) is 0 Å². The molecule has 1 atom stereocenters. The van der Waals surface area contributed by atoms with Crippen LogP contribution in [0.25, 0.3) is 0 Å². The zero-order chi connectivity index (χ0) is 14.9. The van der Waals surface area contributed by atoms with Gasteiger partial charge in [0, 0.05) is 0 Å². The van der Waals surface area contributed by atoms with Gasteiger partial charge in [-0.3, -0.25) is 0 Å². The van der Waals surface area contributed by atoms with Crippen molar-refractivity contribution in [3.63, 3.8) is 0 Å². The van der Waals surface area contributed by atoms with Crippen LogP contribution < -0.4 is 0 Å². The molecule has 0 N–H and O–H groups in total. The molecule has 0 aromatic carbocycles. The summed E-state index contributed by atoms with van der Waals surface area (Å²) in [6.45, 7) is 19.8. The number of hydrogen-bond acceptors (Lipinski definition) is 0. The lowest BCUT2D eigenvalue weighted by Gasteiger charge is -2.58. The molecule has 0 aromatic rings. The van der Waals surface area contributed by atoms with Crippen molar-refractivity contribution >= 4 is 0 Å². The lowest BCUT2D eigenvalue weighted by molar-refractivity contribution is -0.0739. The van der Waals surface area contributed by atoms with E-state index in [1.165, 1.54) is 44.9 Å². The van der Waals surface area contributed by atoms with Gasteiger partial charge in [-0.05, 0) is 60.2 Å². The Balaban J connectivity index is 3.04. The quantitative estimate of drug-likeness (QED) is 0.511. The first-order valence-electron chi connectivity index (χ1n) is 8.49. The smallest absolute Gasteiger partial charge is 0.0239 e. The highest BCUT2D eigenvalue weighted by Crippen LogP contribution is 2.62. The van der Waals surface area contributed by atoms with Crippen molar-refractivity contribution in [1.82, 2.24) is 0 Å². The molecule has 114 valence electrons. The van der Waals surface area contributed by atoms with E-state index < -0.39 is 0 Å². The van der Waals surface area contributed by atoms with Crippen LogP contribution in [0.1, 0.15) is 100 Å². The standard InChI is InChI=1S/C19H38/c1-9-11-16(3,4)14-19(10-2)15-17(5,6)12-13-18(19,7)8/h9-15H2,1-8H3. The predicted molar refractivity (Wildman–Crippen MR) is 87.4 cm³/mol. The maximum atomic E-state index is 2.54. The van der Waals surface area contributed by atoms with Gasteiger partial charge >= 0.3 is 0 Å². The van der Waals surface area contributed by atoms with Crippen molar-refractivity contribution in [2.24, 2.45) is 21.7 Å². The third-order valence-corrected chi connectivity index (χ3v) is 6.10. The molecule has 0 radical (unpaired) electrons. The van der Waals surface area contributed by atoms with Gasteiger partial charge in [0.05, 0.1) is 0 Å². The molecular weight excluding hydrogens is 228 g/mol. The van der Waals surface area contributed by atoms with Crippen LogP contribution in [0.4, 0.5) is 0 Å². The first kappa shape index (κ1) is 17.1. The average Bonchev–Trinajstić information content (AvgIpc) is 2.23. The van der Waals surface area contributed by atoms with Crippen molar-refractivity contribution in [1.29, 1.82) is 0 Å². The fourth-order valence-corrected chi connectivity index (χ4v) is 4.87. The van der Waals surface area contributed by atoms with E-state index in [9.17, 15) is 0 Å². The van der Waals surface area contributed by atoms with Gasteiger partial charge in [0.15, 0.2) is 0 Å². The highest BCUT2D eigenvalue weighted by Gasteiger charge is 2.51. The zero-order valence-electron chi connectivity index (χ0n) is 14.9. The minimum Gasteiger partial charge on any atom is -0.0654 e. The van der Waals surface area contributed by atoms with Crippen LogP contribution in [0.3, 0.4) is 0 Å². The summed E-state index contributed by atoms with van der Waals surface area (Å²) < 4.78 is 0. The van der Waals surface area contributed by atoms with Gasteiger partial charge in [-0.25, -0.2) is 0 Å². The molecule has 1 unspecified atom stereocenters. The molecule has 1 aliphatic rings. The van der Waals surface area contributed by atoms with Gasteiger partial charge in [0.2, 0.25) is 0 Å². The molecule has 0 nitrogen and oxygen atoms in total. The highest BCUT2D eigenvalue weighted by atomic mass is 14.6. The van der Waals surface area contributed by atoms with Gasteiger partial charge < -0.3 is 0 Å². The largest absolute Gasteiger partial charge is 0.0654 e. The van der Waals surface area contributed by atoms with Crippen LogP contribution in [0.2, 0.25) is 0 Å². The molecule has 0 amide bonds. The van der Waals surface area contributed by atoms with Crippen LogP contribution in [0.5, 0.6) is 0 Å². The number of hydrogen-bond donors (Lipinski definition) is 0. The van der Waals surface area contributed by atoms with E-state index in [1.54, 1.807) is 0 Å². The fraction of sp³-hybridized carbons (Fsp3) is 1.00. The van der Waals surface area contributed by atoms with E-state index in [1.807, 2.05) is 0 Å². The van der Waals surface area contributed by atoms with Crippen LogP contribution in [0, 0.1) is 21.7 Å². The summed E-state index contributed by atoms with van der Waals surface area (Å²) in [4.78, 5) is 0. The molecule has 1 saturated carbocycles. The Kier molecular flexibility index (Phi) is 4.86. The molecule has 1 rings (SSSR count). The van der Waals surface area contributed by atoms with Gasteiger partial charge in [0.25, 0.3) is 0 Å². The molecule has 0 bridgehead atoms. The van der Waals surface area contributed by atoms with Gasteiger partial charge in [0.1, 0.15) is 0 Å². The van der Waals surface area contributed by atoms with Crippen LogP contribution in [-0.2, 0) is 0 Å². The Bertz CT molecular complexity index is 295. The van der Waals surface area contributed by atoms with Gasteiger partial charge in [-0.1, -0.05) is 61.8 Å². The predicted octanol–water partition coefficient (Wildman–Crippen LogP) is 6.84. The molecule has 0 heterocycles. The first-order valence-corrected chi connectivity index (χ1v) is 8.49. The van der Waals surface area contributed by atoms with E-state index in [-0.39, 0.29) is 0 Å². The highest BCUT2D eigenvalue weighted by molar-refractivity contribution is 5.02. The van der Waals surface area contributed by atoms with Gasteiger partial charge in [-0.2, -0.15) is 0 Å². The lowest BCUT2D eigenvalue weighted by Crippen LogP contribution is -2.47. The Morgan fingerprint density at radius 3 is 2.00 bits per heavy atom. The second-order valence-corrected chi connectivity index (χ2v) is 9.45. The summed E-state index contributed by atoms with van der Waals surface area (Å²) in [7, 11) is 0. The summed E-state index contributed by atoms with van der Waals surface area (Å²) in [5.41, 5.74) is 2.07. The third-order valence-electron chi connectivity index (χ3n) is 6.10. The molecule has 1 aliphatic carbocycles. The molecule has 1 fully saturated rings. The van der Waals surface area contributed by atoms with Crippen molar-refractivity contribution in [3.05, 3.63) is 0 Å². The van der Waals surface area contributed by atoms with Gasteiger partial charge in [-0.15, -0.1) is 0 Å². The molecule has 0 spiro atoms. The van der Waals surface area contributed by atoms with E-state index in [4.69, 9.17) is 0 Å². The minimum atomic E-state index is 0.495. The second kappa shape index (κ2) is 5.41. The second-order valence-electron chi connectivity index (χ2n) is 9.45. The van der Waals surface area contributed by atoms with Crippen LogP contribution >= 0.6 is 0 Å². The van der Waals surface area contributed by atoms with E-state index in [0.29, 0.717) is 21.7 Å². The van der Waals surface area contributed by atoms with E-state index in [2.05, 4.69) is 55.4 Å². The summed E-state index contributed by atoms with van der Waals surface area (Å²) in [5.74, 6) is 0. The summed E-state index contributed by atoms with van der Waals surface area (Å²) in [6, 6.07) is 0. The summed E-state index contributed by atoms with van der Waals surface area (Å²) in [6.07, 6.45) is 9.64. The van der Waals surface area contributed by atoms with Crippen LogP contribution in [0.15, 0.2) is 0 Å². The Morgan fingerprint density at radius 1 is 0.947 bits per heavy atom. The molecule has 0 heteroatoms.